The van der Waals surface area contributed by atoms with Gasteiger partial charge in [0.2, 0.25) is 0 Å². The molecule has 5 aliphatic rings. The second-order valence-electron chi connectivity index (χ2n) is 31.1. The van der Waals surface area contributed by atoms with Crippen molar-refractivity contribution in [1.29, 1.82) is 0 Å². The van der Waals surface area contributed by atoms with Crippen molar-refractivity contribution in [3.8, 4) is 89.3 Å². The zero-order chi connectivity index (χ0) is 75.4. The Balaban J connectivity index is 0.000000129. The maximum absolute atomic E-state index is 6.42. The summed E-state index contributed by atoms with van der Waals surface area (Å²) in [4.78, 5) is 0. The van der Waals surface area contributed by atoms with Crippen LogP contribution in [-0.2, 0) is 20.1 Å². The van der Waals surface area contributed by atoms with Gasteiger partial charge in [-0.3, -0.25) is 0 Å². The molecule has 4 aliphatic carbocycles. The van der Waals surface area contributed by atoms with Crippen LogP contribution < -0.4 is 5.46 Å². The Bertz CT molecular complexity index is 6780. The Labute approximate surface area is 683 Å². The van der Waals surface area contributed by atoms with Crippen molar-refractivity contribution in [2.45, 2.75) is 49.7 Å². The van der Waals surface area contributed by atoms with Gasteiger partial charge in [-0.25, -0.2) is 0 Å². The number of benzene rings is 16. The number of hydrogen-bond donors (Lipinski definition) is 0. The molecule has 0 radical (unpaired) electrons. The third-order valence-corrected chi connectivity index (χ3v) is 27.8. The fourth-order valence-corrected chi connectivity index (χ4v) is 20.3. The van der Waals surface area contributed by atoms with E-state index in [1.54, 1.807) is 0 Å². The van der Waals surface area contributed by atoms with Gasteiger partial charge in [-0.2, -0.15) is 0 Å². The van der Waals surface area contributed by atoms with Crippen LogP contribution in [0.3, 0.4) is 0 Å². The molecule has 16 aromatic carbocycles. The minimum absolute atomic E-state index is 0.375. The number of hydrogen-bond acceptors (Lipinski definition) is 2. The van der Waals surface area contributed by atoms with Gasteiger partial charge in [0.15, 0.2) is 0 Å². The average molecular weight is 1680 g/mol. The molecule has 23 rings (SSSR count). The Hall–Kier alpha value is -11.2. The van der Waals surface area contributed by atoms with E-state index in [0.29, 0.717) is 0 Å². The van der Waals surface area contributed by atoms with Gasteiger partial charge in [-0.15, -0.1) is 0 Å². The number of nitrogens with zero attached hydrogens (tertiary/aromatic N) is 2. The Morgan fingerprint density at radius 1 is 0.259 bits per heavy atom. The molecule has 1 saturated heterocycles. The van der Waals surface area contributed by atoms with Crippen molar-refractivity contribution < 1.29 is 9.31 Å². The van der Waals surface area contributed by atoms with Crippen molar-refractivity contribution >= 4 is 111 Å². The summed E-state index contributed by atoms with van der Waals surface area (Å²) in [6, 6.07) is 134. The summed E-state index contributed by atoms with van der Waals surface area (Å²) in [6.45, 7) is 8.41. The lowest BCUT2D eigenvalue weighted by Crippen LogP contribution is -2.41. The molecule has 0 atom stereocenters. The second kappa shape index (κ2) is 26.5. The van der Waals surface area contributed by atoms with Gasteiger partial charge in [0.1, 0.15) is 0 Å². The van der Waals surface area contributed by atoms with Crippen LogP contribution in [0.15, 0.2) is 373 Å². The fraction of sp³-hybridized carbons (Fsp3) is 0.0769. The topological polar surface area (TPSA) is 28.3 Å². The monoisotopic (exact) mass is 1680 g/mol. The summed E-state index contributed by atoms with van der Waals surface area (Å²) in [7, 11) is -0.404. The molecule has 0 bridgehead atoms. The molecule has 0 N–H and O–H groups in total. The first-order valence-corrected chi connectivity index (χ1v) is 41.1. The van der Waals surface area contributed by atoms with E-state index in [2.05, 4.69) is 437 Å². The lowest BCUT2D eigenvalue weighted by molar-refractivity contribution is 0.00578. The van der Waals surface area contributed by atoms with Gasteiger partial charge in [0.05, 0.1) is 44.1 Å². The zero-order valence-corrected chi connectivity index (χ0v) is 67.4. The quantitative estimate of drug-likeness (QED) is 0.123. The Morgan fingerprint density at radius 2 is 0.589 bits per heavy atom. The predicted octanol–water partition coefficient (Wildman–Crippen LogP) is 27.4. The van der Waals surface area contributed by atoms with Crippen molar-refractivity contribution in [3.05, 3.63) is 421 Å². The lowest BCUT2D eigenvalue weighted by Gasteiger charge is -2.32. The minimum atomic E-state index is -0.404. The predicted molar refractivity (Wildman–Crippen MR) is 481 cm³/mol. The van der Waals surface area contributed by atoms with E-state index in [0.717, 1.165) is 15.5 Å². The molecule has 0 amide bonds. The summed E-state index contributed by atoms with van der Waals surface area (Å²) in [5.74, 6) is 0. The van der Waals surface area contributed by atoms with E-state index in [9.17, 15) is 0 Å². The van der Waals surface area contributed by atoms with Gasteiger partial charge in [-0.05, 0) is 279 Å². The molecular formula is C104H72BBr2IN2O2. The van der Waals surface area contributed by atoms with Crippen LogP contribution in [0.25, 0.3) is 133 Å². The van der Waals surface area contributed by atoms with Crippen LogP contribution in [0.4, 0.5) is 0 Å². The maximum Gasteiger partial charge on any atom is 0.494 e. The molecule has 2 aromatic heterocycles. The van der Waals surface area contributed by atoms with Gasteiger partial charge >= 0.3 is 7.12 Å². The molecule has 1 aliphatic heterocycles. The summed E-state index contributed by atoms with van der Waals surface area (Å²) >= 11 is 9.42. The van der Waals surface area contributed by atoms with E-state index in [4.69, 9.17) is 9.31 Å². The lowest BCUT2D eigenvalue weighted by atomic mass is 9.70. The molecule has 18 aromatic rings. The first-order chi connectivity index (χ1) is 54.8. The molecule has 534 valence electrons. The van der Waals surface area contributed by atoms with Crippen molar-refractivity contribution in [2.75, 3.05) is 0 Å². The highest BCUT2D eigenvalue weighted by Gasteiger charge is 2.54. The maximum atomic E-state index is 6.42. The molecule has 2 spiro atoms. The number of halogens is 3. The minimum Gasteiger partial charge on any atom is -0.399 e. The highest BCUT2D eigenvalue weighted by Crippen LogP contribution is 2.65. The normalized spacial score (nSPS) is 14.8. The van der Waals surface area contributed by atoms with Crippen molar-refractivity contribution in [1.82, 2.24) is 9.13 Å². The summed E-state index contributed by atoms with van der Waals surface area (Å²) in [5, 5.41) is 4.98. The standard InChI is InChI=1S/C49H38BNO2.C49H30BrN.C6H4BrI/c1-47(2)48(3,4)53-50(52-47)33-15-13-14-31(28-33)32-24-27-46-40(29-32)39-19-8-12-23-45(39)51(46)34-25-26-38-37-18-7-11-22-43(37)49(44(38)30-34)41-20-9-5-16-35(41)36-17-6-10-21-42(36)49;50-46-22-9-4-14-35(46)33-13-11-12-31(28-33)32-24-27-48-41(29-32)40-18-5-10-23-47(40)51(48)34-25-26-39-38-17-3-8-21-44(38)49(45(39)30-34)42-19-6-1-15-36(42)37-16-2-7-20-43(37)49;7-5-3-1-2-4-6(5)8/h5-30H,1-4H3;1-30H;1-4H. The molecule has 3 heterocycles. The van der Waals surface area contributed by atoms with Crippen LogP contribution in [0.1, 0.15) is 72.2 Å². The molecule has 8 heteroatoms. The molecule has 4 nitrogen and oxygen atoms in total. The summed E-state index contributed by atoms with van der Waals surface area (Å²) < 4.78 is 21.3. The summed E-state index contributed by atoms with van der Waals surface area (Å²) in [6.07, 6.45) is 0. The molecule has 0 saturated carbocycles. The number of fused-ring (bicyclic) bond motifs is 26. The van der Waals surface area contributed by atoms with Crippen LogP contribution in [0.2, 0.25) is 0 Å². The van der Waals surface area contributed by atoms with Gasteiger partial charge in [-0.1, -0.05) is 295 Å². The van der Waals surface area contributed by atoms with Crippen LogP contribution in [0, 0.1) is 3.57 Å². The first-order valence-electron chi connectivity index (χ1n) is 38.4. The van der Waals surface area contributed by atoms with Crippen LogP contribution in [-0.4, -0.2) is 27.5 Å². The molecule has 1 fully saturated rings. The highest BCUT2D eigenvalue weighted by atomic mass is 127. The smallest absolute Gasteiger partial charge is 0.399 e. The third kappa shape index (κ3) is 10.4. The molecule has 0 unspecified atom stereocenters. The largest absolute Gasteiger partial charge is 0.494 e. The highest BCUT2D eigenvalue weighted by molar-refractivity contribution is 14.1. The van der Waals surface area contributed by atoms with Gasteiger partial charge in [0.25, 0.3) is 0 Å². The Morgan fingerprint density at radius 3 is 1.00 bits per heavy atom. The average Bonchev–Trinajstić information content (AvgIpc) is 1.51. The van der Waals surface area contributed by atoms with Gasteiger partial charge < -0.3 is 18.4 Å². The van der Waals surface area contributed by atoms with E-state index in [-0.39, 0.29) is 22.0 Å². The fourth-order valence-electron chi connectivity index (χ4n) is 19.2. The van der Waals surface area contributed by atoms with E-state index < -0.39 is 7.12 Å². The van der Waals surface area contributed by atoms with E-state index in [1.807, 2.05) is 18.2 Å². The number of rotatable bonds is 6. The van der Waals surface area contributed by atoms with Crippen LogP contribution in [0.5, 0.6) is 0 Å². The number of aromatic nitrogens is 2. The second-order valence-corrected chi connectivity index (χ2v) is 34.0. The summed E-state index contributed by atoms with van der Waals surface area (Å²) in [5.41, 5.74) is 35.2. The molecular weight excluding hydrogens is 1610 g/mol. The zero-order valence-electron chi connectivity index (χ0n) is 62.1. The third-order valence-electron chi connectivity index (χ3n) is 24.8. The van der Waals surface area contributed by atoms with Gasteiger partial charge in [0, 0.05) is 45.4 Å². The van der Waals surface area contributed by atoms with Crippen molar-refractivity contribution in [3.63, 3.8) is 0 Å². The van der Waals surface area contributed by atoms with E-state index in [1.165, 1.54) is 180 Å². The van der Waals surface area contributed by atoms with Crippen LogP contribution >= 0.6 is 54.5 Å². The van der Waals surface area contributed by atoms with Crippen molar-refractivity contribution in [2.24, 2.45) is 0 Å². The number of para-hydroxylation sites is 2. The Kier molecular flexibility index (Phi) is 16.3. The van der Waals surface area contributed by atoms with E-state index >= 15 is 0 Å². The first kappa shape index (κ1) is 68.8. The molecule has 112 heavy (non-hydrogen) atoms. The SMILES string of the molecule is Brc1ccccc1-c1cccc(-c2ccc3c(c2)c2ccccc2n3-c2ccc3c(c2)C2(c4ccccc4-c4ccccc42)c2ccccc2-3)c1.Brc1ccccc1I.CC1(C)OB(c2cccc(-c3ccc4c(c3)c3ccccc3n4-c3ccc4c(c3)C3(c5ccccc5-c5ccccc53)c3ccccc3-4)c2)OC1(C)C.